The van der Waals surface area contributed by atoms with Gasteiger partial charge in [-0.1, -0.05) is 49.0 Å². The summed E-state index contributed by atoms with van der Waals surface area (Å²) in [5.74, 6) is -0.158. The average molecular weight is 423 g/mol. The molecule has 1 amide bonds. The minimum atomic E-state index is -0.415. The van der Waals surface area contributed by atoms with E-state index in [-0.39, 0.29) is 11.5 Å². The van der Waals surface area contributed by atoms with Gasteiger partial charge in [-0.3, -0.25) is 14.2 Å². The summed E-state index contributed by atoms with van der Waals surface area (Å²) in [6, 6.07) is 16.6. The average Bonchev–Trinajstić information content (AvgIpc) is 3.25. The monoisotopic (exact) mass is 422 g/mol. The molecule has 0 aliphatic carbocycles. The normalized spacial score (nSPS) is 12.0. The van der Waals surface area contributed by atoms with Crippen LogP contribution in [0.5, 0.6) is 0 Å². The summed E-state index contributed by atoms with van der Waals surface area (Å²) in [7, 11) is 0. The van der Waals surface area contributed by atoms with E-state index < -0.39 is 5.25 Å². The maximum atomic E-state index is 13.2. The van der Waals surface area contributed by atoms with Crippen LogP contribution in [0.1, 0.15) is 13.3 Å². The summed E-state index contributed by atoms with van der Waals surface area (Å²) in [5.41, 5.74) is 1.18. The van der Waals surface area contributed by atoms with E-state index in [1.54, 1.807) is 16.8 Å². The lowest BCUT2D eigenvalue weighted by atomic mass is 10.2. The Kier molecular flexibility index (Phi) is 5.73. The molecular formula is C21H18N4O2S2. The van der Waals surface area contributed by atoms with Crippen molar-refractivity contribution in [2.24, 2.45) is 0 Å². The zero-order valence-corrected chi connectivity index (χ0v) is 17.2. The number of thioether (sulfide) groups is 1. The Balaban J connectivity index is 1.77. The highest BCUT2D eigenvalue weighted by atomic mass is 32.2. The third-order valence-corrected chi connectivity index (χ3v) is 6.34. The number of fused-ring (bicyclic) bond motifs is 1. The fourth-order valence-corrected chi connectivity index (χ4v) is 4.48. The number of nitrogens with zero attached hydrogens (tertiary/aromatic N) is 3. The summed E-state index contributed by atoms with van der Waals surface area (Å²) < 4.78 is 1.58. The van der Waals surface area contributed by atoms with Crippen LogP contribution >= 0.6 is 23.1 Å². The standard InChI is InChI=1S/C21H18N4O2S2/c1-2-17(18(26)24-20-22-12-13-28-20)29-21-23-16-11-7-6-10-15(16)19(27)25(21)14-8-4-3-5-9-14/h3-13,17H,2H2,1H3,(H,22,24,26). The van der Waals surface area contributed by atoms with Crippen LogP contribution in [0.15, 0.2) is 76.1 Å². The molecule has 0 bridgehead atoms. The highest BCUT2D eigenvalue weighted by Crippen LogP contribution is 2.28. The molecule has 6 nitrogen and oxygen atoms in total. The molecular weight excluding hydrogens is 404 g/mol. The molecule has 29 heavy (non-hydrogen) atoms. The van der Waals surface area contributed by atoms with Crippen LogP contribution in [-0.2, 0) is 4.79 Å². The lowest BCUT2D eigenvalue weighted by Gasteiger charge is -2.17. The molecule has 1 unspecified atom stereocenters. The molecule has 0 saturated carbocycles. The quantitative estimate of drug-likeness (QED) is 0.369. The molecule has 146 valence electrons. The highest BCUT2D eigenvalue weighted by Gasteiger charge is 2.23. The van der Waals surface area contributed by atoms with E-state index >= 15 is 0 Å². The van der Waals surface area contributed by atoms with Crippen molar-refractivity contribution in [3.8, 4) is 5.69 Å². The molecule has 0 spiro atoms. The van der Waals surface area contributed by atoms with Gasteiger partial charge >= 0.3 is 0 Å². The number of amides is 1. The molecule has 8 heteroatoms. The van der Waals surface area contributed by atoms with Crippen molar-refractivity contribution in [2.45, 2.75) is 23.8 Å². The maximum absolute atomic E-state index is 13.2. The molecule has 0 fully saturated rings. The van der Waals surface area contributed by atoms with E-state index in [9.17, 15) is 9.59 Å². The predicted octanol–water partition coefficient (Wildman–Crippen LogP) is 4.35. The predicted molar refractivity (Wildman–Crippen MR) is 118 cm³/mol. The lowest BCUT2D eigenvalue weighted by Crippen LogP contribution is -2.27. The van der Waals surface area contributed by atoms with Crippen molar-refractivity contribution in [3.05, 3.63) is 76.5 Å². The minimum Gasteiger partial charge on any atom is -0.301 e. The Bertz CT molecular complexity index is 1190. The van der Waals surface area contributed by atoms with E-state index in [4.69, 9.17) is 4.98 Å². The number of aromatic nitrogens is 3. The summed E-state index contributed by atoms with van der Waals surface area (Å²) in [6.45, 7) is 1.94. The van der Waals surface area contributed by atoms with Crippen LogP contribution in [-0.4, -0.2) is 25.7 Å². The second-order valence-corrected chi connectivity index (χ2v) is 8.29. The molecule has 2 heterocycles. The largest absolute Gasteiger partial charge is 0.301 e. The number of rotatable bonds is 6. The first-order valence-electron chi connectivity index (χ1n) is 9.11. The molecule has 4 aromatic rings. The van der Waals surface area contributed by atoms with Gasteiger partial charge < -0.3 is 5.32 Å². The second-order valence-electron chi connectivity index (χ2n) is 6.23. The Morgan fingerprint density at radius 1 is 1.17 bits per heavy atom. The molecule has 0 aliphatic rings. The first-order valence-corrected chi connectivity index (χ1v) is 10.9. The molecule has 2 aromatic heterocycles. The molecule has 0 saturated heterocycles. The zero-order chi connectivity index (χ0) is 20.2. The van der Waals surface area contributed by atoms with Crippen molar-refractivity contribution in [1.29, 1.82) is 0 Å². The maximum Gasteiger partial charge on any atom is 0.266 e. The first-order chi connectivity index (χ1) is 14.2. The van der Waals surface area contributed by atoms with Gasteiger partial charge in [0.1, 0.15) is 0 Å². The fourth-order valence-electron chi connectivity index (χ4n) is 2.92. The van der Waals surface area contributed by atoms with Gasteiger partial charge in [0, 0.05) is 11.6 Å². The van der Waals surface area contributed by atoms with Crippen LogP contribution in [0.4, 0.5) is 5.13 Å². The Hall–Kier alpha value is -2.97. The van der Waals surface area contributed by atoms with Crippen molar-refractivity contribution >= 4 is 45.0 Å². The van der Waals surface area contributed by atoms with Gasteiger partial charge in [0.15, 0.2) is 10.3 Å². The van der Waals surface area contributed by atoms with Crippen molar-refractivity contribution < 1.29 is 4.79 Å². The van der Waals surface area contributed by atoms with Crippen LogP contribution in [0.2, 0.25) is 0 Å². The third-order valence-electron chi connectivity index (χ3n) is 4.33. The summed E-state index contributed by atoms with van der Waals surface area (Å²) in [5, 5.41) is 5.82. The van der Waals surface area contributed by atoms with Gasteiger partial charge in [0.05, 0.1) is 21.8 Å². The molecule has 4 rings (SSSR count). The number of benzene rings is 2. The number of nitrogens with one attached hydrogen (secondary N) is 1. The first kappa shape index (κ1) is 19.4. The van der Waals surface area contributed by atoms with E-state index in [1.807, 2.05) is 60.8 Å². The van der Waals surface area contributed by atoms with E-state index in [0.717, 1.165) is 0 Å². The number of thiazole rings is 1. The van der Waals surface area contributed by atoms with E-state index in [1.165, 1.54) is 23.1 Å². The summed E-state index contributed by atoms with van der Waals surface area (Å²) in [4.78, 5) is 34.8. The van der Waals surface area contributed by atoms with Gasteiger partial charge in [-0.2, -0.15) is 0 Å². The smallest absolute Gasteiger partial charge is 0.266 e. The highest BCUT2D eigenvalue weighted by molar-refractivity contribution is 8.00. The Morgan fingerprint density at radius 2 is 1.93 bits per heavy atom. The SMILES string of the molecule is CCC(Sc1nc2ccccc2c(=O)n1-c1ccccc1)C(=O)Nc1nccs1. The molecule has 0 aliphatic heterocycles. The molecule has 1 N–H and O–H groups in total. The van der Waals surface area contributed by atoms with E-state index in [2.05, 4.69) is 10.3 Å². The van der Waals surface area contributed by atoms with Gasteiger partial charge in [-0.25, -0.2) is 9.97 Å². The number of anilines is 1. The molecule has 0 radical (unpaired) electrons. The number of hydrogen-bond donors (Lipinski definition) is 1. The van der Waals surface area contributed by atoms with E-state index in [0.29, 0.717) is 33.3 Å². The van der Waals surface area contributed by atoms with Gasteiger partial charge in [-0.05, 0) is 30.7 Å². The molecule has 1 atom stereocenters. The topological polar surface area (TPSA) is 76.9 Å². The lowest BCUT2D eigenvalue weighted by molar-refractivity contribution is -0.115. The fraction of sp³-hybridized carbons (Fsp3) is 0.143. The van der Waals surface area contributed by atoms with Gasteiger partial charge in [0.2, 0.25) is 5.91 Å². The second kappa shape index (κ2) is 8.59. The number of carbonyl (C=O) groups is 1. The third kappa shape index (κ3) is 4.08. The number of carbonyl (C=O) groups excluding carboxylic acids is 1. The molecule has 2 aromatic carbocycles. The van der Waals surface area contributed by atoms with Crippen molar-refractivity contribution in [1.82, 2.24) is 14.5 Å². The van der Waals surface area contributed by atoms with Crippen LogP contribution in [0.25, 0.3) is 16.6 Å². The van der Waals surface area contributed by atoms with Crippen LogP contribution in [0.3, 0.4) is 0 Å². The summed E-state index contributed by atoms with van der Waals surface area (Å²) >= 11 is 2.65. The summed E-state index contributed by atoms with van der Waals surface area (Å²) in [6.07, 6.45) is 2.23. The zero-order valence-electron chi connectivity index (χ0n) is 15.6. The Morgan fingerprint density at radius 3 is 2.66 bits per heavy atom. The minimum absolute atomic E-state index is 0.153. The number of hydrogen-bond acceptors (Lipinski definition) is 6. The van der Waals surface area contributed by atoms with Crippen molar-refractivity contribution in [2.75, 3.05) is 5.32 Å². The van der Waals surface area contributed by atoms with Crippen LogP contribution < -0.4 is 10.9 Å². The van der Waals surface area contributed by atoms with Crippen LogP contribution in [0, 0.1) is 0 Å². The van der Waals surface area contributed by atoms with Gasteiger partial charge in [0.25, 0.3) is 5.56 Å². The Labute approximate surface area is 175 Å². The van der Waals surface area contributed by atoms with Crippen molar-refractivity contribution in [3.63, 3.8) is 0 Å². The van der Waals surface area contributed by atoms with Gasteiger partial charge in [-0.15, -0.1) is 11.3 Å². The number of para-hydroxylation sites is 2.